The number of hydrogen-bond donors (Lipinski definition) is 1. The lowest BCUT2D eigenvalue weighted by Crippen LogP contribution is -2.34. The maximum atomic E-state index is 12.0. The number of aliphatic hydroxyl groups is 1. The SMILES string of the molecule is Cc1ccsc1/C=C/C(=O)N(CCO)C1CC1. The van der Waals surface area contributed by atoms with Crippen LogP contribution in [0.2, 0.25) is 0 Å². The topological polar surface area (TPSA) is 40.5 Å². The van der Waals surface area contributed by atoms with Gasteiger partial charge in [-0.15, -0.1) is 11.3 Å². The van der Waals surface area contributed by atoms with Gasteiger partial charge in [-0.05, 0) is 42.9 Å². The number of nitrogens with zero attached hydrogens (tertiary/aromatic N) is 1. The third-order valence-electron chi connectivity index (χ3n) is 2.89. The van der Waals surface area contributed by atoms with E-state index in [2.05, 4.69) is 0 Å². The van der Waals surface area contributed by atoms with Crippen LogP contribution in [0.3, 0.4) is 0 Å². The fourth-order valence-electron chi connectivity index (χ4n) is 1.76. The van der Waals surface area contributed by atoms with Crippen molar-refractivity contribution >= 4 is 23.3 Å². The van der Waals surface area contributed by atoms with Crippen molar-refractivity contribution in [3.8, 4) is 0 Å². The molecule has 1 aromatic heterocycles. The summed E-state index contributed by atoms with van der Waals surface area (Å²) in [5.74, 6) is 0.00866. The van der Waals surface area contributed by atoms with E-state index in [0.717, 1.165) is 17.7 Å². The van der Waals surface area contributed by atoms with Crippen LogP contribution in [0.15, 0.2) is 17.5 Å². The summed E-state index contributed by atoms with van der Waals surface area (Å²) < 4.78 is 0. The monoisotopic (exact) mass is 251 g/mol. The minimum Gasteiger partial charge on any atom is -0.395 e. The van der Waals surface area contributed by atoms with E-state index in [0.29, 0.717) is 12.6 Å². The van der Waals surface area contributed by atoms with E-state index >= 15 is 0 Å². The summed E-state index contributed by atoms with van der Waals surface area (Å²) in [6.07, 6.45) is 5.62. The highest BCUT2D eigenvalue weighted by atomic mass is 32.1. The van der Waals surface area contributed by atoms with Crippen molar-refractivity contribution in [3.05, 3.63) is 28.0 Å². The molecular weight excluding hydrogens is 234 g/mol. The lowest BCUT2D eigenvalue weighted by Gasteiger charge is -2.19. The Bertz CT molecular complexity index is 421. The fourth-order valence-corrected chi connectivity index (χ4v) is 2.58. The highest BCUT2D eigenvalue weighted by molar-refractivity contribution is 7.11. The first kappa shape index (κ1) is 12.3. The first-order chi connectivity index (χ1) is 8.22. The van der Waals surface area contributed by atoms with Crippen LogP contribution in [0.5, 0.6) is 0 Å². The van der Waals surface area contributed by atoms with Gasteiger partial charge < -0.3 is 10.0 Å². The van der Waals surface area contributed by atoms with Crippen LogP contribution in [0.25, 0.3) is 6.08 Å². The second-order valence-electron chi connectivity index (χ2n) is 4.29. The van der Waals surface area contributed by atoms with E-state index < -0.39 is 0 Å². The Morgan fingerprint density at radius 1 is 1.65 bits per heavy atom. The molecule has 1 aliphatic rings. The molecule has 1 heterocycles. The first-order valence-electron chi connectivity index (χ1n) is 5.86. The first-order valence-corrected chi connectivity index (χ1v) is 6.74. The van der Waals surface area contributed by atoms with E-state index in [1.807, 2.05) is 24.4 Å². The van der Waals surface area contributed by atoms with Crippen LogP contribution in [-0.2, 0) is 4.79 Å². The van der Waals surface area contributed by atoms with Crippen LogP contribution in [0, 0.1) is 6.92 Å². The fraction of sp³-hybridized carbons (Fsp3) is 0.462. The number of thiophene rings is 1. The molecule has 0 saturated heterocycles. The Balaban J connectivity index is 1.99. The van der Waals surface area contributed by atoms with Gasteiger partial charge in [0.15, 0.2) is 0 Å². The summed E-state index contributed by atoms with van der Waals surface area (Å²) in [5.41, 5.74) is 1.19. The number of carbonyl (C=O) groups excluding carboxylic acids is 1. The normalized spacial score (nSPS) is 15.4. The molecule has 1 amide bonds. The van der Waals surface area contributed by atoms with Gasteiger partial charge in [0.25, 0.3) is 0 Å². The second-order valence-corrected chi connectivity index (χ2v) is 5.24. The molecule has 1 N–H and O–H groups in total. The van der Waals surface area contributed by atoms with Gasteiger partial charge in [0.2, 0.25) is 5.91 Å². The molecule has 0 aromatic carbocycles. The Morgan fingerprint density at radius 2 is 2.41 bits per heavy atom. The van der Waals surface area contributed by atoms with Crippen molar-refractivity contribution < 1.29 is 9.90 Å². The van der Waals surface area contributed by atoms with Gasteiger partial charge >= 0.3 is 0 Å². The summed E-state index contributed by atoms with van der Waals surface area (Å²) in [4.78, 5) is 14.8. The standard InChI is InChI=1S/C13H17NO2S/c1-10-6-9-17-12(10)4-5-13(16)14(7-8-15)11-2-3-11/h4-6,9,11,15H,2-3,7-8H2,1H3/b5-4+. The van der Waals surface area contributed by atoms with Crippen LogP contribution < -0.4 is 0 Å². The maximum Gasteiger partial charge on any atom is 0.246 e. The second kappa shape index (κ2) is 5.47. The van der Waals surface area contributed by atoms with E-state index in [9.17, 15) is 4.79 Å². The molecule has 1 saturated carbocycles. The molecule has 92 valence electrons. The number of rotatable bonds is 5. The minimum atomic E-state index is 0.00866. The lowest BCUT2D eigenvalue weighted by molar-refractivity contribution is -0.127. The Hall–Kier alpha value is -1.13. The summed E-state index contributed by atoms with van der Waals surface area (Å²) in [6.45, 7) is 2.51. The molecule has 1 aromatic rings. The summed E-state index contributed by atoms with van der Waals surface area (Å²) in [5, 5.41) is 11.0. The van der Waals surface area contributed by atoms with Gasteiger partial charge in [0, 0.05) is 23.5 Å². The molecule has 0 unspecified atom stereocenters. The van der Waals surface area contributed by atoms with Gasteiger partial charge in [-0.2, -0.15) is 0 Å². The molecule has 2 rings (SSSR count). The van der Waals surface area contributed by atoms with Gasteiger partial charge in [0.05, 0.1) is 6.61 Å². The molecule has 17 heavy (non-hydrogen) atoms. The molecule has 1 aliphatic carbocycles. The van der Waals surface area contributed by atoms with Gasteiger partial charge in [-0.3, -0.25) is 4.79 Å². The van der Waals surface area contributed by atoms with Crippen molar-refractivity contribution in [2.75, 3.05) is 13.2 Å². The predicted molar refractivity (Wildman–Crippen MR) is 69.9 cm³/mol. The molecule has 0 bridgehead atoms. The van der Waals surface area contributed by atoms with Crippen LogP contribution in [0.4, 0.5) is 0 Å². The van der Waals surface area contributed by atoms with Crippen LogP contribution >= 0.6 is 11.3 Å². The van der Waals surface area contributed by atoms with Crippen molar-refractivity contribution in [1.29, 1.82) is 0 Å². The number of amides is 1. The van der Waals surface area contributed by atoms with E-state index in [4.69, 9.17) is 5.11 Å². The summed E-state index contributed by atoms with van der Waals surface area (Å²) >= 11 is 1.63. The van der Waals surface area contributed by atoms with E-state index in [1.54, 1.807) is 22.3 Å². The predicted octanol–water partition coefficient (Wildman–Crippen LogP) is 2.05. The van der Waals surface area contributed by atoms with Crippen molar-refractivity contribution in [3.63, 3.8) is 0 Å². The Morgan fingerprint density at radius 3 is 2.94 bits per heavy atom. The molecule has 0 spiro atoms. The van der Waals surface area contributed by atoms with E-state index in [-0.39, 0.29) is 12.5 Å². The number of carbonyl (C=O) groups is 1. The van der Waals surface area contributed by atoms with Crippen LogP contribution in [0.1, 0.15) is 23.3 Å². The lowest BCUT2D eigenvalue weighted by atomic mass is 10.2. The van der Waals surface area contributed by atoms with Gasteiger partial charge in [0.1, 0.15) is 0 Å². The Labute approximate surface area is 105 Å². The number of hydrogen-bond acceptors (Lipinski definition) is 3. The highest BCUT2D eigenvalue weighted by Crippen LogP contribution is 2.27. The molecule has 0 radical (unpaired) electrons. The van der Waals surface area contributed by atoms with Crippen molar-refractivity contribution in [2.45, 2.75) is 25.8 Å². The molecule has 3 nitrogen and oxygen atoms in total. The third kappa shape index (κ3) is 3.17. The van der Waals surface area contributed by atoms with Crippen molar-refractivity contribution in [2.24, 2.45) is 0 Å². The quantitative estimate of drug-likeness (QED) is 0.814. The van der Waals surface area contributed by atoms with Gasteiger partial charge in [-0.25, -0.2) is 0 Å². The number of aliphatic hydroxyl groups excluding tert-OH is 1. The largest absolute Gasteiger partial charge is 0.395 e. The van der Waals surface area contributed by atoms with Crippen LogP contribution in [-0.4, -0.2) is 35.1 Å². The van der Waals surface area contributed by atoms with Crippen molar-refractivity contribution in [1.82, 2.24) is 4.90 Å². The smallest absolute Gasteiger partial charge is 0.246 e. The molecular formula is C13H17NO2S. The maximum absolute atomic E-state index is 12.0. The molecule has 4 heteroatoms. The zero-order valence-corrected chi connectivity index (χ0v) is 10.7. The zero-order valence-electron chi connectivity index (χ0n) is 9.93. The zero-order chi connectivity index (χ0) is 12.3. The average Bonchev–Trinajstić information content (AvgIpc) is 3.07. The van der Waals surface area contributed by atoms with Gasteiger partial charge in [-0.1, -0.05) is 0 Å². The third-order valence-corrected chi connectivity index (χ3v) is 3.87. The number of aryl methyl sites for hydroxylation is 1. The molecule has 1 fully saturated rings. The summed E-state index contributed by atoms with van der Waals surface area (Å²) in [7, 11) is 0. The molecule has 0 aliphatic heterocycles. The van der Waals surface area contributed by atoms with E-state index in [1.165, 1.54) is 5.56 Å². The highest BCUT2D eigenvalue weighted by Gasteiger charge is 2.30. The average molecular weight is 251 g/mol. The summed E-state index contributed by atoms with van der Waals surface area (Å²) in [6, 6.07) is 2.39. The Kier molecular flexibility index (Phi) is 3.97. The minimum absolute atomic E-state index is 0.00866. The molecule has 0 atom stereocenters.